The summed E-state index contributed by atoms with van der Waals surface area (Å²) in [7, 11) is 1.79. The van der Waals surface area contributed by atoms with Crippen LogP contribution >= 0.6 is 0 Å². The number of nitrogens with zero attached hydrogens (tertiary/aromatic N) is 2. The molecular weight excluding hydrogens is 244 g/mol. The third-order valence-corrected chi connectivity index (χ3v) is 2.84. The first kappa shape index (κ1) is 13.4. The van der Waals surface area contributed by atoms with E-state index in [1.54, 1.807) is 30.4 Å². The number of amides is 1. The number of nitrogens with two attached hydrogens (primary N) is 1. The Bertz CT molecular complexity index is 533. The van der Waals surface area contributed by atoms with Gasteiger partial charge in [-0.2, -0.15) is 5.10 Å². The van der Waals surface area contributed by atoms with Crippen molar-refractivity contribution in [3.63, 3.8) is 0 Å². The molecule has 1 amide bonds. The Morgan fingerprint density at radius 2 is 2.42 bits per heavy atom. The van der Waals surface area contributed by atoms with E-state index >= 15 is 0 Å². The standard InChI is InChI=1S/C13H18N4O2/c1-9(6-11-4-3-5-19-11)16-13(18)12(14)10-7-15-17(2)8-10/h3-5,7-9,12H,6,14H2,1-2H3,(H,16,18). The van der Waals surface area contributed by atoms with E-state index in [2.05, 4.69) is 10.4 Å². The highest BCUT2D eigenvalue weighted by Crippen LogP contribution is 2.10. The summed E-state index contributed by atoms with van der Waals surface area (Å²) in [6.45, 7) is 1.91. The van der Waals surface area contributed by atoms with Crippen LogP contribution < -0.4 is 11.1 Å². The molecule has 2 unspecified atom stereocenters. The zero-order valence-corrected chi connectivity index (χ0v) is 11.0. The Labute approximate surface area is 111 Å². The van der Waals surface area contributed by atoms with Crippen molar-refractivity contribution in [1.82, 2.24) is 15.1 Å². The predicted octanol–water partition coefficient (Wildman–Crippen LogP) is 0.760. The van der Waals surface area contributed by atoms with Crippen molar-refractivity contribution >= 4 is 5.91 Å². The molecule has 0 aliphatic heterocycles. The van der Waals surface area contributed by atoms with E-state index in [4.69, 9.17) is 10.2 Å². The first-order valence-corrected chi connectivity index (χ1v) is 6.13. The van der Waals surface area contributed by atoms with Gasteiger partial charge in [0.1, 0.15) is 11.8 Å². The lowest BCUT2D eigenvalue weighted by atomic mass is 10.1. The topological polar surface area (TPSA) is 86.1 Å². The lowest BCUT2D eigenvalue weighted by molar-refractivity contribution is -0.123. The number of carbonyl (C=O) groups is 1. The van der Waals surface area contributed by atoms with Crippen LogP contribution in [-0.4, -0.2) is 21.7 Å². The number of carbonyl (C=O) groups excluding carboxylic acids is 1. The molecule has 0 spiro atoms. The number of hydrogen-bond donors (Lipinski definition) is 2. The molecule has 2 atom stereocenters. The second kappa shape index (κ2) is 5.71. The van der Waals surface area contributed by atoms with Crippen LogP contribution in [-0.2, 0) is 18.3 Å². The minimum atomic E-state index is -0.701. The van der Waals surface area contributed by atoms with Crippen LogP contribution in [0.15, 0.2) is 35.2 Å². The summed E-state index contributed by atoms with van der Waals surface area (Å²) in [6, 6.07) is 2.96. The van der Waals surface area contributed by atoms with Crippen molar-refractivity contribution in [2.45, 2.75) is 25.4 Å². The second-order valence-electron chi connectivity index (χ2n) is 4.62. The number of aryl methyl sites for hydroxylation is 1. The van der Waals surface area contributed by atoms with Crippen LogP contribution in [0.4, 0.5) is 0 Å². The Balaban J connectivity index is 1.89. The summed E-state index contributed by atoms with van der Waals surface area (Å²) >= 11 is 0. The summed E-state index contributed by atoms with van der Waals surface area (Å²) in [5.74, 6) is 0.620. The van der Waals surface area contributed by atoms with Gasteiger partial charge in [0.25, 0.3) is 0 Å². The first-order chi connectivity index (χ1) is 9.06. The van der Waals surface area contributed by atoms with Crippen molar-refractivity contribution in [1.29, 1.82) is 0 Å². The molecule has 0 bridgehead atoms. The van der Waals surface area contributed by atoms with Crippen molar-refractivity contribution in [2.75, 3.05) is 0 Å². The smallest absolute Gasteiger partial charge is 0.241 e. The first-order valence-electron chi connectivity index (χ1n) is 6.13. The Morgan fingerprint density at radius 1 is 1.63 bits per heavy atom. The molecular formula is C13H18N4O2. The summed E-state index contributed by atoms with van der Waals surface area (Å²) in [4.78, 5) is 12.0. The molecule has 102 valence electrons. The molecule has 0 aromatic carbocycles. The fourth-order valence-corrected chi connectivity index (χ4v) is 1.87. The van der Waals surface area contributed by atoms with Crippen LogP contribution in [0.1, 0.15) is 24.3 Å². The minimum absolute atomic E-state index is 0.0404. The maximum Gasteiger partial charge on any atom is 0.241 e. The highest BCUT2D eigenvalue weighted by Gasteiger charge is 2.19. The van der Waals surface area contributed by atoms with Gasteiger partial charge in [-0.3, -0.25) is 9.48 Å². The summed E-state index contributed by atoms with van der Waals surface area (Å²) in [5, 5.41) is 6.87. The van der Waals surface area contributed by atoms with Gasteiger partial charge in [0.2, 0.25) is 5.91 Å². The van der Waals surface area contributed by atoms with Crippen LogP contribution in [0.25, 0.3) is 0 Å². The van der Waals surface area contributed by atoms with E-state index in [1.165, 1.54) is 0 Å². The maximum absolute atomic E-state index is 12.0. The van der Waals surface area contributed by atoms with Gasteiger partial charge in [-0.05, 0) is 19.1 Å². The molecule has 2 rings (SSSR count). The second-order valence-corrected chi connectivity index (χ2v) is 4.62. The number of rotatable bonds is 5. The molecule has 0 saturated heterocycles. The van der Waals surface area contributed by atoms with Gasteiger partial charge < -0.3 is 15.5 Å². The lowest BCUT2D eigenvalue weighted by Gasteiger charge is -2.15. The highest BCUT2D eigenvalue weighted by atomic mass is 16.3. The van der Waals surface area contributed by atoms with Gasteiger partial charge >= 0.3 is 0 Å². The number of aromatic nitrogens is 2. The molecule has 3 N–H and O–H groups in total. The molecule has 0 fully saturated rings. The van der Waals surface area contributed by atoms with Crippen LogP contribution in [0, 0.1) is 0 Å². The molecule has 19 heavy (non-hydrogen) atoms. The van der Waals surface area contributed by atoms with Crippen LogP contribution in [0.3, 0.4) is 0 Å². The van der Waals surface area contributed by atoms with E-state index in [0.29, 0.717) is 12.0 Å². The summed E-state index contributed by atoms with van der Waals surface area (Å²) in [5.41, 5.74) is 6.58. The molecule has 6 nitrogen and oxygen atoms in total. The number of nitrogens with one attached hydrogen (secondary N) is 1. The monoisotopic (exact) mass is 262 g/mol. The van der Waals surface area contributed by atoms with E-state index in [9.17, 15) is 4.79 Å². The normalized spacial score (nSPS) is 14.1. The third kappa shape index (κ3) is 3.45. The van der Waals surface area contributed by atoms with Gasteiger partial charge in [0.05, 0.1) is 12.5 Å². The fraction of sp³-hybridized carbons (Fsp3) is 0.385. The minimum Gasteiger partial charge on any atom is -0.469 e. The zero-order chi connectivity index (χ0) is 13.8. The van der Waals surface area contributed by atoms with Crippen LogP contribution in [0.5, 0.6) is 0 Å². The van der Waals surface area contributed by atoms with E-state index in [0.717, 1.165) is 5.76 Å². The average Bonchev–Trinajstić information content (AvgIpc) is 2.99. The van der Waals surface area contributed by atoms with Gasteiger partial charge in [-0.25, -0.2) is 0 Å². The molecule has 2 heterocycles. The van der Waals surface area contributed by atoms with Crippen molar-refractivity contribution in [3.05, 3.63) is 42.1 Å². The third-order valence-electron chi connectivity index (χ3n) is 2.84. The van der Waals surface area contributed by atoms with Gasteiger partial charge in [0.15, 0.2) is 0 Å². The van der Waals surface area contributed by atoms with Gasteiger partial charge in [-0.15, -0.1) is 0 Å². The SMILES string of the molecule is CC(Cc1ccco1)NC(=O)C(N)c1cnn(C)c1. The molecule has 2 aromatic rings. The predicted molar refractivity (Wildman–Crippen MR) is 70.2 cm³/mol. The number of furan rings is 1. The molecule has 0 aliphatic rings. The summed E-state index contributed by atoms with van der Waals surface area (Å²) in [6.07, 6.45) is 5.59. The molecule has 0 aliphatic carbocycles. The Morgan fingerprint density at radius 3 is 3.00 bits per heavy atom. The van der Waals surface area contributed by atoms with Gasteiger partial charge in [-0.1, -0.05) is 0 Å². The quantitative estimate of drug-likeness (QED) is 0.833. The molecule has 2 aromatic heterocycles. The van der Waals surface area contributed by atoms with Crippen LogP contribution in [0.2, 0.25) is 0 Å². The molecule has 0 radical (unpaired) electrons. The largest absolute Gasteiger partial charge is 0.469 e. The molecule has 0 saturated carbocycles. The van der Waals surface area contributed by atoms with Crippen molar-refractivity contribution in [2.24, 2.45) is 12.8 Å². The average molecular weight is 262 g/mol. The molecule has 6 heteroatoms. The van der Waals surface area contributed by atoms with E-state index in [1.807, 2.05) is 19.1 Å². The van der Waals surface area contributed by atoms with E-state index in [-0.39, 0.29) is 11.9 Å². The maximum atomic E-state index is 12.0. The van der Waals surface area contributed by atoms with Crippen molar-refractivity contribution in [3.8, 4) is 0 Å². The Hall–Kier alpha value is -2.08. The number of hydrogen-bond acceptors (Lipinski definition) is 4. The Kier molecular flexibility index (Phi) is 4.01. The van der Waals surface area contributed by atoms with Gasteiger partial charge in [0, 0.05) is 31.3 Å². The zero-order valence-electron chi connectivity index (χ0n) is 11.0. The fourth-order valence-electron chi connectivity index (χ4n) is 1.87. The summed E-state index contributed by atoms with van der Waals surface area (Å²) < 4.78 is 6.86. The highest BCUT2D eigenvalue weighted by molar-refractivity contribution is 5.83. The van der Waals surface area contributed by atoms with E-state index < -0.39 is 6.04 Å². The van der Waals surface area contributed by atoms with Crippen molar-refractivity contribution < 1.29 is 9.21 Å². The lowest BCUT2D eigenvalue weighted by Crippen LogP contribution is -2.40.